The Morgan fingerprint density at radius 2 is 2.00 bits per heavy atom. The van der Waals surface area contributed by atoms with E-state index in [0.29, 0.717) is 19.8 Å². The molecule has 0 saturated heterocycles. The SMILES string of the molecule is COCCOCCCCNCc1nc(C)c(C)o1. The molecule has 0 spiro atoms. The topological polar surface area (TPSA) is 56.5 Å². The van der Waals surface area contributed by atoms with Crippen molar-refractivity contribution in [1.82, 2.24) is 10.3 Å². The summed E-state index contributed by atoms with van der Waals surface area (Å²) < 4.78 is 15.7. The summed E-state index contributed by atoms with van der Waals surface area (Å²) in [5, 5.41) is 3.31. The van der Waals surface area contributed by atoms with E-state index in [1.54, 1.807) is 7.11 Å². The predicted molar refractivity (Wildman–Crippen MR) is 69.6 cm³/mol. The second-order valence-corrected chi connectivity index (χ2v) is 4.24. The fourth-order valence-corrected chi connectivity index (χ4v) is 1.51. The minimum Gasteiger partial charge on any atom is -0.444 e. The van der Waals surface area contributed by atoms with Crippen molar-refractivity contribution >= 4 is 0 Å². The molecular weight excluding hydrogens is 232 g/mol. The number of aryl methyl sites for hydroxylation is 2. The van der Waals surface area contributed by atoms with E-state index in [4.69, 9.17) is 13.9 Å². The van der Waals surface area contributed by atoms with E-state index < -0.39 is 0 Å². The highest BCUT2D eigenvalue weighted by molar-refractivity contribution is 5.04. The zero-order chi connectivity index (χ0) is 13.2. The van der Waals surface area contributed by atoms with Gasteiger partial charge < -0.3 is 19.2 Å². The minimum absolute atomic E-state index is 0.668. The van der Waals surface area contributed by atoms with Gasteiger partial charge in [-0.1, -0.05) is 0 Å². The molecule has 0 amide bonds. The van der Waals surface area contributed by atoms with Gasteiger partial charge in [0, 0.05) is 13.7 Å². The molecule has 1 aromatic rings. The van der Waals surface area contributed by atoms with Crippen LogP contribution in [0.2, 0.25) is 0 Å². The van der Waals surface area contributed by atoms with Crippen LogP contribution in [0.5, 0.6) is 0 Å². The Hall–Kier alpha value is -0.910. The number of aromatic nitrogens is 1. The molecule has 0 aliphatic carbocycles. The number of ether oxygens (including phenoxy) is 2. The summed E-state index contributed by atoms with van der Waals surface area (Å²) in [4.78, 5) is 4.31. The van der Waals surface area contributed by atoms with Gasteiger partial charge in [0.25, 0.3) is 0 Å². The van der Waals surface area contributed by atoms with Crippen LogP contribution >= 0.6 is 0 Å². The van der Waals surface area contributed by atoms with Crippen LogP contribution in [-0.2, 0) is 16.0 Å². The smallest absolute Gasteiger partial charge is 0.208 e. The van der Waals surface area contributed by atoms with Crippen molar-refractivity contribution < 1.29 is 13.9 Å². The third-order valence-electron chi connectivity index (χ3n) is 2.67. The maximum Gasteiger partial charge on any atom is 0.208 e. The normalized spacial score (nSPS) is 11.1. The molecule has 0 aromatic carbocycles. The van der Waals surface area contributed by atoms with E-state index in [9.17, 15) is 0 Å². The average Bonchev–Trinajstić information content (AvgIpc) is 2.67. The fourth-order valence-electron chi connectivity index (χ4n) is 1.51. The van der Waals surface area contributed by atoms with Gasteiger partial charge in [-0.3, -0.25) is 0 Å². The Kier molecular flexibility index (Phi) is 7.64. The van der Waals surface area contributed by atoms with Crippen molar-refractivity contribution in [3.05, 3.63) is 17.3 Å². The first-order valence-corrected chi connectivity index (χ1v) is 6.44. The summed E-state index contributed by atoms with van der Waals surface area (Å²) >= 11 is 0. The van der Waals surface area contributed by atoms with Crippen molar-refractivity contribution in [2.45, 2.75) is 33.2 Å². The maximum atomic E-state index is 5.47. The first-order chi connectivity index (χ1) is 8.74. The summed E-state index contributed by atoms with van der Waals surface area (Å²) in [6.45, 7) is 7.68. The van der Waals surface area contributed by atoms with E-state index in [0.717, 1.165) is 43.3 Å². The van der Waals surface area contributed by atoms with Gasteiger partial charge in [-0.05, 0) is 33.2 Å². The number of rotatable bonds is 10. The second kappa shape index (κ2) is 9.08. The average molecular weight is 256 g/mol. The molecule has 1 rings (SSSR count). The molecule has 104 valence electrons. The summed E-state index contributed by atoms with van der Waals surface area (Å²) in [6, 6.07) is 0. The van der Waals surface area contributed by atoms with Crippen molar-refractivity contribution in [1.29, 1.82) is 0 Å². The van der Waals surface area contributed by atoms with Gasteiger partial charge >= 0.3 is 0 Å². The molecule has 0 aliphatic heterocycles. The lowest BCUT2D eigenvalue weighted by atomic mass is 10.3. The molecule has 5 heteroatoms. The Morgan fingerprint density at radius 1 is 1.17 bits per heavy atom. The van der Waals surface area contributed by atoms with Gasteiger partial charge in [-0.15, -0.1) is 0 Å². The molecule has 0 fully saturated rings. The van der Waals surface area contributed by atoms with Crippen LogP contribution in [0.1, 0.15) is 30.2 Å². The summed E-state index contributed by atoms with van der Waals surface area (Å²) in [6.07, 6.45) is 2.14. The second-order valence-electron chi connectivity index (χ2n) is 4.24. The van der Waals surface area contributed by atoms with E-state index in [-0.39, 0.29) is 0 Å². The lowest BCUT2D eigenvalue weighted by molar-refractivity contribution is 0.0688. The molecule has 0 radical (unpaired) electrons. The summed E-state index contributed by atoms with van der Waals surface area (Å²) in [7, 11) is 1.68. The third kappa shape index (κ3) is 6.14. The largest absolute Gasteiger partial charge is 0.444 e. The van der Waals surface area contributed by atoms with Crippen molar-refractivity contribution in [2.75, 3.05) is 33.5 Å². The molecule has 1 heterocycles. The number of hydrogen-bond acceptors (Lipinski definition) is 5. The highest BCUT2D eigenvalue weighted by Gasteiger charge is 2.03. The molecular formula is C13H24N2O3. The van der Waals surface area contributed by atoms with Gasteiger partial charge in [-0.25, -0.2) is 4.98 Å². The van der Waals surface area contributed by atoms with Crippen molar-refractivity contribution in [3.63, 3.8) is 0 Å². The van der Waals surface area contributed by atoms with E-state index in [2.05, 4.69) is 10.3 Å². The highest BCUT2D eigenvalue weighted by atomic mass is 16.5. The van der Waals surface area contributed by atoms with Crippen LogP contribution in [0.3, 0.4) is 0 Å². The number of nitrogens with one attached hydrogen (secondary N) is 1. The van der Waals surface area contributed by atoms with Crippen LogP contribution in [0, 0.1) is 13.8 Å². The first kappa shape index (κ1) is 15.1. The number of oxazole rings is 1. The Morgan fingerprint density at radius 3 is 2.67 bits per heavy atom. The van der Waals surface area contributed by atoms with E-state index in [1.165, 1.54) is 0 Å². The zero-order valence-corrected chi connectivity index (χ0v) is 11.6. The Labute approximate surface area is 109 Å². The molecule has 0 atom stereocenters. The van der Waals surface area contributed by atoms with E-state index in [1.807, 2.05) is 13.8 Å². The number of hydrogen-bond donors (Lipinski definition) is 1. The van der Waals surface area contributed by atoms with Gasteiger partial charge in [0.1, 0.15) is 5.76 Å². The lowest BCUT2D eigenvalue weighted by Crippen LogP contribution is -2.15. The van der Waals surface area contributed by atoms with Crippen LogP contribution in [0.25, 0.3) is 0 Å². The van der Waals surface area contributed by atoms with Gasteiger partial charge in [-0.2, -0.15) is 0 Å². The zero-order valence-electron chi connectivity index (χ0n) is 11.6. The van der Waals surface area contributed by atoms with Gasteiger partial charge in [0.15, 0.2) is 0 Å². The molecule has 0 bridgehead atoms. The summed E-state index contributed by atoms with van der Waals surface area (Å²) in [5.41, 5.74) is 0.971. The molecule has 0 unspecified atom stereocenters. The lowest BCUT2D eigenvalue weighted by Gasteiger charge is -2.04. The number of unbranched alkanes of at least 4 members (excludes halogenated alkanes) is 1. The standard InChI is InChI=1S/C13H24N2O3/c1-11-12(2)18-13(15-11)10-14-6-4-5-7-17-9-8-16-3/h14H,4-10H2,1-3H3. The molecule has 5 nitrogen and oxygen atoms in total. The fraction of sp³-hybridized carbons (Fsp3) is 0.769. The van der Waals surface area contributed by atoms with Crippen molar-refractivity contribution in [3.8, 4) is 0 Å². The van der Waals surface area contributed by atoms with Crippen molar-refractivity contribution in [2.24, 2.45) is 0 Å². The Bertz CT molecular complexity index is 307. The first-order valence-electron chi connectivity index (χ1n) is 6.44. The molecule has 1 aromatic heterocycles. The Balaban J connectivity index is 1.92. The van der Waals surface area contributed by atoms with Crippen LogP contribution in [-0.4, -0.2) is 38.5 Å². The van der Waals surface area contributed by atoms with E-state index >= 15 is 0 Å². The highest BCUT2D eigenvalue weighted by Crippen LogP contribution is 2.07. The summed E-state index contributed by atoms with van der Waals surface area (Å²) in [5.74, 6) is 1.67. The maximum absolute atomic E-state index is 5.47. The van der Waals surface area contributed by atoms with Crippen LogP contribution < -0.4 is 5.32 Å². The number of methoxy groups -OCH3 is 1. The molecule has 1 N–H and O–H groups in total. The number of nitrogens with zero attached hydrogens (tertiary/aromatic N) is 1. The molecule has 18 heavy (non-hydrogen) atoms. The molecule has 0 saturated carbocycles. The predicted octanol–water partition coefficient (Wildman–Crippen LogP) is 1.82. The van der Waals surface area contributed by atoms with Crippen LogP contribution in [0.4, 0.5) is 0 Å². The quantitative estimate of drug-likeness (QED) is 0.647. The van der Waals surface area contributed by atoms with Gasteiger partial charge in [0.05, 0.1) is 25.5 Å². The molecule has 0 aliphatic rings. The van der Waals surface area contributed by atoms with Crippen LogP contribution in [0.15, 0.2) is 4.42 Å². The minimum atomic E-state index is 0.668. The third-order valence-corrected chi connectivity index (χ3v) is 2.67. The monoisotopic (exact) mass is 256 g/mol. The van der Waals surface area contributed by atoms with Gasteiger partial charge in [0.2, 0.25) is 5.89 Å².